The molecule has 7 nitrogen and oxygen atoms in total. The molecule has 142 valence electrons. The van der Waals surface area contributed by atoms with Crippen molar-refractivity contribution in [3.63, 3.8) is 0 Å². The van der Waals surface area contributed by atoms with Crippen LogP contribution in [0.5, 0.6) is 17.2 Å². The summed E-state index contributed by atoms with van der Waals surface area (Å²) in [4.78, 5) is 0. The Morgan fingerprint density at radius 1 is 0.926 bits per heavy atom. The molecule has 0 saturated heterocycles. The summed E-state index contributed by atoms with van der Waals surface area (Å²) in [6.07, 6.45) is 0. The molecule has 0 amide bonds. The van der Waals surface area contributed by atoms with Gasteiger partial charge in [-0.2, -0.15) is 0 Å². The van der Waals surface area contributed by atoms with E-state index in [1.54, 1.807) is 36.4 Å². The van der Waals surface area contributed by atoms with Crippen LogP contribution in [0.1, 0.15) is 5.56 Å². The Morgan fingerprint density at radius 3 is 2.11 bits per heavy atom. The second-order valence-electron chi connectivity index (χ2n) is 5.53. The Hall–Kier alpha value is -2.65. The number of rotatable bonds is 7. The van der Waals surface area contributed by atoms with Crippen LogP contribution in [0.2, 0.25) is 0 Å². The third-order valence-corrected chi connectivity index (χ3v) is 6.89. The zero-order chi connectivity index (χ0) is 19.4. The van der Waals surface area contributed by atoms with Crippen molar-refractivity contribution in [2.75, 3.05) is 21.3 Å². The molecule has 0 aliphatic carbocycles. The van der Waals surface area contributed by atoms with Gasteiger partial charge in [0, 0.05) is 5.56 Å². The van der Waals surface area contributed by atoms with Crippen LogP contribution in [-0.4, -0.2) is 39.9 Å². The van der Waals surface area contributed by atoms with Gasteiger partial charge >= 0.3 is 0 Å². The first-order chi connectivity index (χ1) is 13.0. The molecule has 0 fully saturated rings. The van der Waals surface area contributed by atoms with Crippen molar-refractivity contribution in [1.29, 1.82) is 0 Å². The SMILES string of the molecule is COc1cc(-c2nnc(S(=O)(=O)Cc3ccccc3)s2)cc(OC)c1OC. The molecule has 0 atom stereocenters. The maximum atomic E-state index is 12.6. The third kappa shape index (κ3) is 4.04. The molecular formula is C18H18N2O5S2. The molecule has 0 bridgehead atoms. The Labute approximate surface area is 161 Å². The van der Waals surface area contributed by atoms with Crippen molar-refractivity contribution >= 4 is 21.2 Å². The first kappa shape index (κ1) is 19.1. The summed E-state index contributed by atoms with van der Waals surface area (Å²) >= 11 is 1.00. The number of ether oxygens (including phenoxy) is 3. The van der Waals surface area contributed by atoms with E-state index in [0.717, 1.165) is 11.3 Å². The lowest BCUT2D eigenvalue weighted by atomic mass is 10.2. The van der Waals surface area contributed by atoms with Gasteiger partial charge in [0.25, 0.3) is 0 Å². The molecule has 0 radical (unpaired) electrons. The van der Waals surface area contributed by atoms with Gasteiger partial charge in [-0.3, -0.25) is 0 Å². The van der Waals surface area contributed by atoms with Crippen molar-refractivity contribution < 1.29 is 22.6 Å². The Balaban J connectivity index is 1.96. The average Bonchev–Trinajstić information content (AvgIpc) is 3.18. The summed E-state index contributed by atoms with van der Waals surface area (Å²) in [5.74, 6) is 1.23. The molecule has 3 rings (SSSR count). The number of sulfone groups is 1. The lowest BCUT2D eigenvalue weighted by molar-refractivity contribution is 0.324. The van der Waals surface area contributed by atoms with Crippen LogP contribution in [0.15, 0.2) is 46.8 Å². The van der Waals surface area contributed by atoms with Gasteiger partial charge in [0.15, 0.2) is 11.5 Å². The predicted molar refractivity (Wildman–Crippen MR) is 102 cm³/mol. The van der Waals surface area contributed by atoms with Gasteiger partial charge in [-0.25, -0.2) is 8.42 Å². The molecule has 0 unspecified atom stereocenters. The minimum absolute atomic E-state index is 0.0323. The van der Waals surface area contributed by atoms with E-state index in [1.807, 2.05) is 6.07 Å². The van der Waals surface area contributed by atoms with Crippen LogP contribution < -0.4 is 14.2 Å². The van der Waals surface area contributed by atoms with E-state index in [4.69, 9.17) is 14.2 Å². The van der Waals surface area contributed by atoms with Gasteiger partial charge in [-0.15, -0.1) is 10.2 Å². The van der Waals surface area contributed by atoms with Crippen molar-refractivity contribution in [3.05, 3.63) is 48.0 Å². The number of benzene rings is 2. The molecule has 3 aromatic rings. The fraction of sp³-hybridized carbons (Fsp3) is 0.222. The molecule has 0 spiro atoms. The second-order valence-corrected chi connectivity index (χ2v) is 8.67. The quantitative estimate of drug-likeness (QED) is 0.595. The summed E-state index contributed by atoms with van der Waals surface area (Å²) in [7, 11) is 0.948. The van der Waals surface area contributed by atoms with Gasteiger partial charge in [0.1, 0.15) is 5.01 Å². The van der Waals surface area contributed by atoms with E-state index in [1.165, 1.54) is 21.3 Å². The lowest BCUT2D eigenvalue weighted by Gasteiger charge is -2.13. The topological polar surface area (TPSA) is 87.6 Å². The van der Waals surface area contributed by atoms with Gasteiger partial charge in [0.05, 0.1) is 27.1 Å². The van der Waals surface area contributed by atoms with Gasteiger partial charge in [-0.1, -0.05) is 41.7 Å². The molecule has 0 aliphatic rings. The minimum atomic E-state index is -3.59. The van der Waals surface area contributed by atoms with Crippen LogP contribution in [0.25, 0.3) is 10.6 Å². The van der Waals surface area contributed by atoms with E-state index in [-0.39, 0.29) is 10.1 Å². The molecule has 0 N–H and O–H groups in total. The van der Waals surface area contributed by atoms with E-state index >= 15 is 0 Å². The molecule has 0 saturated carbocycles. The normalized spacial score (nSPS) is 11.2. The van der Waals surface area contributed by atoms with Gasteiger partial charge in [0.2, 0.25) is 19.9 Å². The zero-order valence-corrected chi connectivity index (χ0v) is 16.6. The highest BCUT2D eigenvalue weighted by molar-refractivity contribution is 7.92. The second kappa shape index (κ2) is 7.93. The van der Waals surface area contributed by atoms with Crippen molar-refractivity contribution in [2.45, 2.75) is 10.1 Å². The van der Waals surface area contributed by atoms with Gasteiger partial charge in [-0.05, 0) is 17.7 Å². The highest BCUT2D eigenvalue weighted by Crippen LogP contribution is 2.42. The van der Waals surface area contributed by atoms with Crippen LogP contribution in [0.3, 0.4) is 0 Å². The monoisotopic (exact) mass is 406 g/mol. The van der Waals surface area contributed by atoms with E-state index in [0.29, 0.717) is 33.4 Å². The Kier molecular flexibility index (Phi) is 5.62. The highest BCUT2D eigenvalue weighted by Gasteiger charge is 2.23. The molecule has 27 heavy (non-hydrogen) atoms. The van der Waals surface area contributed by atoms with E-state index in [9.17, 15) is 8.42 Å². The molecule has 2 aromatic carbocycles. The number of hydrogen-bond donors (Lipinski definition) is 0. The molecule has 1 aromatic heterocycles. The maximum absolute atomic E-state index is 12.6. The lowest BCUT2D eigenvalue weighted by Crippen LogP contribution is -2.04. The van der Waals surface area contributed by atoms with E-state index in [2.05, 4.69) is 10.2 Å². The maximum Gasteiger partial charge on any atom is 0.233 e. The summed E-state index contributed by atoms with van der Waals surface area (Å²) in [6, 6.07) is 12.4. The van der Waals surface area contributed by atoms with E-state index < -0.39 is 9.84 Å². The highest BCUT2D eigenvalue weighted by atomic mass is 32.2. The smallest absolute Gasteiger partial charge is 0.233 e. The number of hydrogen-bond acceptors (Lipinski definition) is 8. The van der Waals surface area contributed by atoms with Crippen molar-refractivity contribution in [1.82, 2.24) is 10.2 Å². The standard InChI is InChI=1S/C18H18N2O5S2/c1-23-14-9-13(10-15(24-2)16(14)25-3)17-19-20-18(26-17)27(21,22)11-12-7-5-4-6-8-12/h4-10H,11H2,1-3H3. The fourth-order valence-corrected chi connectivity index (χ4v) is 4.92. The zero-order valence-electron chi connectivity index (χ0n) is 15.0. The molecule has 1 heterocycles. The summed E-state index contributed by atoms with van der Waals surface area (Å²) in [5.41, 5.74) is 1.32. The van der Waals surface area contributed by atoms with Crippen molar-refractivity contribution in [3.8, 4) is 27.8 Å². The first-order valence-electron chi connectivity index (χ1n) is 7.89. The summed E-state index contributed by atoms with van der Waals surface area (Å²) < 4.78 is 41.2. The average molecular weight is 406 g/mol. The van der Waals surface area contributed by atoms with Crippen LogP contribution in [0, 0.1) is 0 Å². The van der Waals surface area contributed by atoms with Crippen LogP contribution in [0.4, 0.5) is 0 Å². The largest absolute Gasteiger partial charge is 0.493 e. The fourth-order valence-electron chi connectivity index (χ4n) is 2.51. The minimum Gasteiger partial charge on any atom is -0.493 e. The van der Waals surface area contributed by atoms with Crippen molar-refractivity contribution in [2.24, 2.45) is 0 Å². The Bertz CT molecular complexity index is 1010. The Morgan fingerprint density at radius 2 is 1.56 bits per heavy atom. The molecule has 9 heteroatoms. The third-order valence-electron chi connectivity index (χ3n) is 3.78. The van der Waals surface area contributed by atoms with Crippen LogP contribution >= 0.6 is 11.3 Å². The summed E-state index contributed by atoms with van der Waals surface area (Å²) in [6.45, 7) is 0. The van der Waals surface area contributed by atoms with Gasteiger partial charge < -0.3 is 14.2 Å². The summed E-state index contributed by atoms with van der Waals surface area (Å²) in [5, 5.41) is 8.37. The first-order valence-corrected chi connectivity index (χ1v) is 10.4. The number of aromatic nitrogens is 2. The molecular weight excluding hydrogens is 388 g/mol. The number of methoxy groups -OCH3 is 3. The predicted octanol–water partition coefficient (Wildman–Crippen LogP) is 3.20. The van der Waals surface area contributed by atoms with Crippen LogP contribution in [-0.2, 0) is 15.6 Å². The molecule has 0 aliphatic heterocycles. The number of nitrogens with zero attached hydrogens (tertiary/aromatic N) is 2.